The van der Waals surface area contributed by atoms with Crippen molar-refractivity contribution >= 4 is 11.9 Å². The molecule has 18 heavy (non-hydrogen) atoms. The van der Waals surface area contributed by atoms with Crippen LogP contribution in [0.25, 0.3) is 0 Å². The van der Waals surface area contributed by atoms with Crippen molar-refractivity contribution in [1.82, 2.24) is 5.32 Å². The Kier molecular flexibility index (Phi) is 3.11. The van der Waals surface area contributed by atoms with Crippen molar-refractivity contribution in [3.63, 3.8) is 0 Å². The molecular weight excluding hydrogens is 230 g/mol. The number of carbonyl (C=O) groups is 2. The van der Waals surface area contributed by atoms with Gasteiger partial charge in [-0.15, -0.1) is 0 Å². The quantitative estimate of drug-likeness (QED) is 0.854. The lowest BCUT2D eigenvalue weighted by molar-refractivity contribution is -0.142. The molecule has 0 radical (unpaired) electrons. The third-order valence-corrected chi connectivity index (χ3v) is 3.50. The zero-order valence-corrected chi connectivity index (χ0v) is 10.5. The Morgan fingerprint density at radius 3 is 2.33 bits per heavy atom. The first-order valence-electron chi connectivity index (χ1n) is 6.00. The van der Waals surface area contributed by atoms with Crippen LogP contribution >= 0.6 is 0 Å². The van der Waals surface area contributed by atoms with Crippen LogP contribution in [0.1, 0.15) is 31.9 Å². The maximum absolute atomic E-state index is 11.9. The van der Waals surface area contributed by atoms with E-state index in [1.165, 1.54) is 0 Å². The fourth-order valence-electron chi connectivity index (χ4n) is 2.09. The summed E-state index contributed by atoms with van der Waals surface area (Å²) in [6.07, 6.45) is 0.819. The molecule has 0 spiro atoms. The van der Waals surface area contributed by atoms with Gasteiger partial charge in [0.1, 0.15) is 0 Å². The number of carboxylic acid groups (broad SMARTS) is 1. The molecular formula is C14H17NO3. The number of rotatable bonds is 4. The predicted molar refractivity (Wildman–Crippen MR) is 66.8 cm³/mol. The van der Waals surface area contributed by atoms with Crippen molar-refractivity contribution < 1.29 is 14.7 Å². The summed E-state index contributed by atoms with van der Waals surface area (Å²) in [4.78, 5) is 23.2. The fourth-order valence-corrected chi connectivity index (χ4v) is 2.09. The Labute approximate surface area is 106 Å². The lowest BCUT2D eigenvalue weighted by Crippen LogP contribution is -2.35. The Bertz CT molecular complexity index is 467. The van der Waals surface area contributed by atoms with Gasteiger partial charge in [-0.3, -0.25) is 4.79 Å². The van der Waals surface area contributed by atoms with Gasteiger partial charge < -0.3 is 10.4 Å². The number of amides is 1. The molecule has 1 aromatic carbocycles. The minimum Gasteiger partial charge on any atom is -0.479 e. The van der Waals surface area contributed by atoms with E-state index in [1.807, 2.05) is 19.9 Å². The van der Waals surface area contributed by atoms with E-state index in [0.29, 0.717) is 5.56 Å². The minimum absolute atomic E-state index is 0.00379. The van der Waals surface area contributed by atoms with Crippen LogP contribution in [-0.2, 0) is 9.59 Å². The summed E-state index contributed by atoms with van der Waals surface area (Å²) in [6.45, 7) is 4.02. The Hall–Kier alpha value is -1.84. The number of carboxylic acids is 1. The van der Waals surface area contributed by atoms with E-state index in [4.69, 9.17) is 0 Å². The fraction of sp³-hybridized carbons (Fsp3) is 0.429. The molecule has 2 atom stereocenters. The molecule has 1 aliphatic rings. The molecule has 4 nitrogen and oxygen atoms in total. The molecule has 0 aliphatic heterocycles. The van der Waals surface area contributed by atoms with Gasteiger partial charge in [-0.1, -0.05) is 44.2 Å². The van der Waals surface area contributed by atoms with Crippen LogP contribution in [-0.4, -0.2) is 17.0 Å². The van der Waals surface area contributed by atoms with Crippen molar-refractivity contribution in [2.75, 3.05) is 0 Å². The summed E-state index contributed by atoms with van der Waals surface area (Å²) in [6, 6.07) is 7.79. The Balaban J connectivity index is 2.09. The van der Waals surface area contributed by atoms with E-state index in [0.717, 1.165) is 6.42 Å². The number of nitrogens with one attached hydrogen (secondary N) is 1. The van der Waals surface area contributed by atoms with Crippen LogP contribution in [0.5, 0.6) is 0 Å². The highest BCUT2D eigenvalue weighted by Gasteiger charge is 2.51. The molecule has 2 rings (SSSR count). The second-order valence-electron chi connectivity index (χ2n) is 5.44. The highest BCUT2D eigenvalue weighted by molar-refractivity contribution is 5.87. The molecule has 2 N–H and O–H groups in total. The zero-order valence-electron chi connectivity index (χ0n) is 10.5. The number of benzene rings is 1. The first-order valence-corrected chi connectivity index (χ1v) is 6.00. The van der Waals surface area contributed by atoms with E-state index in [1.54, 1.807) is 24.3 Å². The van der Waals surface area contributed by atoms with Crippen molar-refractivity contribution in [3.8, 4) is 0 Å². The third-order valence-electron chi connectivity index (χ3n) is 3.50. The maximum Gasteiger partial charge on any atom is 0.330 e. The average molecular weight is 247 g/mol. The first kappa shape index (κ1) is 12.6. The normalized spacial score (nSPS) is 22.0. The van der Waals surface area contributed by atoms with Crippen LogP contribution in [0.4, 0.5) is 0 Å². The molecule has 1 amide bonds. The summed E-state index contributed by atoms with van der Waals surface area (Å²) >= 11 is 0. The zero-order chi connectivity index (χ0) is 13.3. The van der Waals surface area contributed by atoms with Gasteiger partial charge in [0.15, 0.2) is 6.04 Å². The molecule has 0 unspecified atom stereocenters. The molecule has 1 aromatic rings. The van der Waals surface area contributed by atoms with E-state index in [-0.39, 0.29) is 17.2 Å². The second kappa shape index (κ2) is 4.44. The van der Waals surface area contributed by atoms with Gasteiger partial charge in [-0.05, 0) is 17.4 Å². The molecule has 1 aliphatic carbocycles. The molecule has 96 valence electrons. The number of carbonyl (C=O) groups excluding carboxylic acids is 1. The summed E-state index contributed by atoms with van der Waals surface area (Å²) in [5.41, 5.74) is 0.598. The predicted octanol–water partition coefficient (Wildman–Crippen LogP) is 1.97. The van der Waals surface area contributed by atoms with Gasteiger partial charge in [0.2, 0.25) is 5.91 Å². The first-order chi connectivity index (χ1) is 8.42. The summed E-state index contributed by atoms with van der Waals surface area (Å²) in [5.74, 6) is -1.27. The van der Waals surface area contributed by atoms with Crippen molar-refractivity contribution in [2.24, 2.45) is 11.3 Å². The van der Waals surface area contributed by atoms with Crippen LogP contribution in [0, 0.1) is 11.3 Å². The van der Waals surface area contributed by atoms with Crippen molar-refractivity contribution in [1.29, 1.82) is 0 Å². The molecule has 0 aromatic heterocycles. The van der Waals surface area contributed by atoms with E-state index in [2.05, 4.69) is 5.32 Å². The standard InChI is InChI=1S/C14H17NO3/c1-14(2)8-10(14)12(16)15-11(13(17)18)9-6-4-3-5-7-9/h3-7,10-11H,8H2,1-2H3,(H,15,16)(H,17,18)/t10-,11-/m1/s1. The van der Waals surface area contributed by atoms with Gasteiger partial charge in [-0.2, -0.15) is 0 Å². The SMILES string of the molecule is CC1(C)C[C@@H]1C(=O)N[C@@H](C(=O)O)c1ccccc1. The van der Waals surface area contributed by atoms with Gasteiger partial charge in [-0.25, -0.2) is 4.79 Å². The van der Waals surface area contributed by atoms with Crippen LogP contribution < -0.4 is 5.32 Å². The minimum atomic E-state index is -1.03. The Morgan fingerprint density at radius 2 is 1.89 bits per heavy atom. The third kappa shape index (κ3) is 2.53. The molecule has 1 saturated carbocycles. The van der Waals surface area contributed by atoms with Crippen LogP contribution in [0.15, 0.2) is 30.3 Å². The van der Waals surface area contributed by atoms with Gasteiger partial charge >= 0.3 is 5.97 Å². The van der Waals surface area contributed by atoms with E-state index in [9.17, 15) is 14.7 Å². The topological polar surface area (TPSA) is 66.4 Å². The van der Waals surface area contributed by atoms with Crippen molar-refractivity contribution in [2.45, 2.75) is 26.3 Å². The number of hydrogen-bond donors (Lipinski definition) is 2. The molecule has 4 heteroatoms. The monoisotopic (exact) mass is 247 g/mol. The average Bonchev–Trinajstić information content (AvgIpc) is 2.96. The number of hydrogen-bond acceptors (Lipinski definition) is 2. The van der Waals surface area contributed by atoms with E-state index >= 15 is 0 Å². The summed E-state index contributed by atoms with van der Waals surface area (Å²) in [7, 11) is 0. The molecule has 0 bridgehead atoms. The molecule has 1 fully saturated rings. The summed E-state index contributed by atoms with van der Waals surface area (Å²) < 4.78 is 0. The van der Waals surface area contributed by atoms with Gasteiger partial charge in [0.25, 0.3) is 0 Å². The second-order valence-corrected chi connectivity index (χ2v) is 5.44. The lowest BCUT2D eigenvalue weighted by Gasteiger charge is -2.15. The van der Waals surface area contributed by atoms with Crippen molar-refractivity contribution in [3.05, 3.63) is 35.9 Å². The van der Waals surface area contributed by atoms with Crippen LogP contribution in [0.3, 0.4) is 0 Å². The van der Waals surface area contributed by atoms with Gasteiger partial charge in [0.05, 0.1) is 0 Å². The lowest BCUT2D eigenvalue weighted by atomic mass is 10.1. The molecule has 0 heterocycles. The Morgan fingerprint density at radius 1 is 1.33 bits per heavy atom. The smallest absolute Gasteiger partial charge is 0.330 e. The van der Waals surface area contributed by atoms with Crippen LogP contribution in [0.2, 0.25) is 0 Å². The summed E-state index contributed by atoms with van der Waals surface area (Å²) in [5, 5.41) is 11.8. The maximum atomic E-state index is 11.9. The van der Waals surface area contributed by atoms with E-state index < -0.39 is 12.0 Å². The van der Waals surface area contributed by atoms with Gasteiger partial charge in [0, 0.05) is 5.92 Å². The molecule has 0 saturated heterocycles. The highest BCUT2D eigenvalue weighted by Crippen LogP contribution is 2.51. The largest absolute Gasteiger partial charge is 0.479 e. The highest BCUT2D eigenvalue weighted by atomic mass is 16.4. The number of aliphatic carboxylic acids is 1.